The minimum Gasteiger partial charge on any atom is -0.383 e. The standard InChI is InChI=1S/C19H18Cl2N2O4S2/c1-3-29(25,26)13-6-4-5-12(11-13)18(24)22-19-23(9-10-27-2)16-14(20)7-8-15(21)17(16)28-19/h4-8,11H,3,9-10H2,1-2H3. The molecule has 0 bridgehead atoms. The summed E-state index contributed by atoms with van der Waals surface area (Å²) >= 11 is 13.9. The zero-order valence-corrected chi connectivity index (χ0v) is 18.8. The van der Waals surface area contributed by atoms with Gasteiger partial charge in [-0.3, -0.25) is 4.79 Å². The van der Waals surface area contributed by atoms with Gasteiger partial charge in [0.25, 0.3) is 5.91 Å². The van der Waals surface area contributed by atoms with Crippen molar-refractivity contribution >= 4 is 60.5 Å². The number of rotatable bonds is 6. The van der Waals surface area contributed by atoms with Gasteiger partial charge in [-0.15, -0.1) is 0 Å². The molecule has 6 nitrogen and oxygen atoms in total. The van der Waals surface area contributed by atoms with E-state index in [0.29, 0.717) is 38.2 Å². The van der Waals surface area contributed by atoms with Crippen molar-refractivity contribution in [1.82, 2.24) is 4.57 Å². The number of amides is 1. The van der Waals surface area contributed by atoms with Crippen molar-refractivity contribution in [3.8, 4) is 0 Å². The molecule has 1 aromatic heterocycles. The number of fused-ring (bicyclic) bond motifs is 1. The molecule has 1 heterocycles. The smallest absolute Gasteiger partial charge is 0.279 e. The van der Waals surface area contributed by atoms with Gasteiger partial charge in [-0.05, 0) is 30.3 Å². The van der Waals surface area contributed by atoms with Gasteiger partial charge < -0.3 is 9.30 Å². The summed E-state index contributed by atoms with van der Waals surface area (Å²) in [5.74, 6) is -0.602. The quantitative estimate of drug-likeness (QED) is 0.538. The van der Waals surface area contributed by atoms with E-state index < -0.39 is 15.7 Å². The summed E-state index contributed by atoms with van der Waals surface area (Å²) in [5, 5.41) is 0.993. The van der Waals surface area contributed by atoms with Crippen LogP contribution in [0, 0.1) is 0 Å². The highest BCUT2D eigenvalue weighted by molar-refractivity contribution is 7.91. The van der Waals surface area contributed by atoms with E-state index in [1.54, 1.807) is 30.7 Å². The second-order valence-corrected chi connectivity index (χ2v) is 10.2. The molecule has 0 aliphatic heterocycles. The molecule has 0 aliphatic carbocycles. The van der Waals surface area contributed by atoms with Crippen LogP contribution in [-0.2, 0) is 21.1 Å². The summed E-state index contributed by atoms with van der Waals surface area (Å²) < 4.78 is 31.9. The van der Waals surface area contributed by atoms with Gasteiger partial charge in [0, 0.05) is 19.2 Å². The van der Waals surface area contributed by atoms with Crippen LogP contribution in [-0.4, -0.2) is 38.4 Å². The van der Waals surface area contributed by atoms with E-state index in [2.05, 4.69) is 4.99 Å². The van der Waals surface area contributed by atoms with Crippen molar-refractivity contribution < 1.29 is 17.9 Å². The van der Waals surface area contributed by atoms with Crippen molar-refractivity contribution in [2.24, 2.45) is 4.99 Å². The lowest BCUT2D eigenvalue weighted by molar-refractivity contribution is 0.0997. The predicted molar refractivity (Wildman–Crippen MR) is 116 cm³/mol. The van der Waals surface area contributed by atoms with Crippen LogP contribution in [0.5, 0.6) is 0 Å². The molecule has 10 heteroatoms. The summed E-state index contributed by atoms with van der Waals surface area (Å²) in [5.41, 5.74) is 0.863. The largest absolute Gasteiger partial charge is 0.383 e. The molecular weight excluding hydrogens is 455 g/mol. The van der Waals surface area contributed by atoms with Gasteiger partial charge in [-0.1, -0.05) is 47.5 Å². The molecule has 0 fully saturated rings. The fourth-order valence-electron chi connectivity index (χ4n) is 2.73. The number of benzene rings is 2. The zero-order chi connectivity index (χ0) is 21.2. The van der Waals surface area contributed by atoms with Crippen LogP contribution >= 0.6 is 34.5 Å². The molecule has 0 aliphatic rings. The third-order valence-electron chi connectivity index (χ3n) is 4.26. The molecule has 1 amide bonds. The molecule has 29 heavy (non-hydrogen) atoms. The SMILES string of the molecule is CCS(=O)(=O)c1cccc(C(=O)N=c2sc3c(Cl)ccc(Cl)c3n2CCOC)c1. The van der Waals surface area contributed by atoms with Crippen LogP contribution in [0.4, 0.5) is 0 Å². The van der Waals surface area contributed by atoms with E-state index in [1.165, 1.54) is 35.6 Å². The summed E-state index contributed by atoms with van der Waals surface area (Å²) in [6, 6.07) is 9.25. The van der Waals surface area contributed by atoms with Gasteiger partial charge in [-0.2, -0.15) is 4.99 Å². The number of ether oxygens (including phenoxy) is 1. The van der Waals surface area contributed by atoms with E-state index in [9.17, 15) is 13.2 Å². The van der Waals surface area contributed by atoms with Crippen LogP contribution in [0.25, 0.3) is 10.2 Å². The van der Waals surface area contributed by atoms with Gasteiger partial charge in [0.2, 0.25) is 0 Å². The Bertz CT molecular complexity index is 1250. The van der Waals surface area contributed by atoms with E-state index in [0.717, 1.165) is 0 Å². The number of hydrogen-bond donors (Lipinski definition) is 0. The predicted octanol–water partition coefficient (Wildman–Crippen LogP) is 4.19. The number of sulfone groups is 1. The van der Waals surface area contributed by atoms with Gasteiger partial charge >= 0.3 is 0 Å². The first-order valence-electron chi connectivity index (χ1n) is 8.66. The third-order valence-corrected chi connectivity index (χ3v) is 7.84. The Labute approximate surface area is 182 Å². The van der Waals surface area contributed by atoms with Gasteiger partial charge in [0.15, 0.2) is 14.6 Å². The minimum atomic E-state index is -3.43. The maximum atomic E-state index is 12.8. The Hall–Kier alpha value is -1.71. The van der Waals surface area contributed by atoms with Crippen LogP contribution in [0.2, 0.25) is 10.0 Å². The number of aromatic nitrogens is 1. The van der Waals surface area contributed by atoms with E-state index >= 15 is 0 Å². The van der Waals surface area contributed by atoms with Crippen molar-refractivity contribution in [2.45, 2.75) is 18.4 Å². The molecule has 0 saturated heterocycles. The number of carbonyl (C=O) groups excluding carboxylic acids is 1. The lowest BCUT2D eigenvalue weighted by atomic mass is 10.2. The molecule has 3 rings (SSSR count). The Kier molecular flexibility index (Phi) is 6.80. The molecule has 3 aromatic rings. The second kappa shape index (κ2) is 8.97. The molecule has 0 saturated carbocycles. The van der Waals surface area contributed by atoms with Crippen LogP contribution < -0.4 is 4.80 Å². The van der Waals surface area contributed by atoms with Gasteiger partial charge in [-0.25, -0.2) is 8.42 Å². The van der Waals surface area contributed by atoms with E-state index in [1.807, 2.05) is 0 Å². The average Bonchev–Trinajstić information content (AvgIpc) is 3.08. The third kappa shape index (κ3) is 4.57. The first kappa shape index (κ1) is 22.0. The van der Waals surface area contributed by atoms with Gasteiger partial charge in [0.1, 0.15) is 0 Å². The van der Waals surface area contributed by atoms with Crippen LogP contribution in [0.3, 0.4) is 0 Å². The van der Waals surface area contributed by atoms with E-state index in [-0.39, 0.29) is 16.2 Å². The maximum absolute atomic E-state index is 12.8. The Morgan fingerprint density at radius 1 is 1.21 bits per heavy atom. The normalized spacial score (nSPS) is 12.6. The minimum absolute atomic E-state index is 0.0495. The number of halogens is 2. The monoisotopic (exact) mass is 472 g/mol. The van der Waals surface area contributed by atoms with Gasteiger partial charge in [0.05, 0.1) is 37.5 Å². The number of nitrogens with zero attached hydrogens (tertiary/aromatic N) is 2. The number of hydrogen-bond acceptors (Lipinski definition) is 5. The molecule has 2 aromatic carbocycles. The summed E-state index contributed by atoms with van der Waals surface area (Å²) in [7, 11) is -1.85. The van der Waals surface area contributed by atoms with E-state index in [4.69, 9.17) is 27.9 Å². The molecular formula is C19H18Cl2N2O4S2. The van der Waals surface area contributed by atoms with Crippen molar-refractivity contribution in [1.29, 1.82) is 0 Å². The molecule has 0 unspecified atom stereocenters. The fourth-order valence-corrected chi connectivity index (χ4v) is 5.32. The molecule has 0 atom stereocenters. The first-order valence-corrected chi connectivity index (χ1v) is 11.9. The molecule has 0 spiro atoms. The molecule has 0 radical (unpaired) electrons. The summed E-state index contributed by atoms with van der Waals surface area (Å²) in [4.78, 5) is 17.5. The number of carbonyl (C=O) groups is 1. The second-order valence-electron chi connectivity index (χ2n) is 6.08. The Balaban J connectivity index is 2.15. The van der Waals surface area contributed by atoms with Crippen molar-refractivity contribution in [2.75, 3.05) is 19.5 Å². The van der Waals surface area contributed by atoms with Crippen molar-refractivity contribution in [3.05, 3.63) is 56.8 Å². The highest BCUT2D eigenvalue weighted by Gasteiger charge is 2.16. The maximum Gasteiger partial charge on any atom is 0.279 e. The number of methoxy groups -OCH3 is 1. The molecule has 154 valence electrons. The zero-order valence-electron chi connectivity index (χ0n) is 15.7. The first-order chi connectivity index (χ1) is 13.8. The van der Waals surface area contributed by atoms with Crippen LogP contribution in [0.15, 0.2) is 46.3 Å². The molecule has 0 N–H and O–H groups in total. The lowest BCUT2D eigenvalue weighted by Gasteiger charge is -2.06. The van der Waals surface area contributed by atoms with Crippen LogP contribution in [0.1, 0.15) is 17.3 Å². The number of thiazole rings is 1. The lowest BCUT2D eigenvalue weighted by Crippen LogP contribution is -2.19. The Morgan fingerprint density at radius 2 is 1.93 bits per heavy atom. The van der Waals surface area contributed by atoms with Crippen molar-refractivity contribution in [3.63, 3.8) is 0 Å². The summed E-state index contributed by atoms with van der Waals surface area (Å²) in [6.45, 7) is 2.37. The highest BCUT2D eigenvalue weighted by atomic mass is 35.5. The summed E-state index contributed by atoms with van der Waals surface area (Å²) in [6.07, 6.45) is 0. The Morgan fingerprint density at radius 3 is 2.62 bits per heavy atom. The fraction of sp³-hybridized carbons (Fsp3) is 0.263. The average molecular weight is 473 g/mol. The topological polar surface area (TPSA) is 77.7 Å². The highest BCUT2D eigenvalue weighted by Crippen LogP contribution is 2.31.